The summed E-state index contributed by atoms with van der Waals surface area (Å²) in [6.45, 7) is 1.35. The maximum Gasteiger partial charge on any atom is 0.305 e. The molecule has 0 spiro atoms. The monoisotopic (exact) mass is 321 g/mol. The standard InChI is InChI=1S/C15H19N3O5/c1-9(19)17-11-5-3-4-10(8-11)15(22)18-12(14(16)21)6-7-13(20)23-2/h3-5,8,12H,6-7H2,1-2H3,(H2,16,21)(H,17,19)(H,18,22)/t12-/m1/s1. The Morgan fingerprint density at radius 3 is 2.52 bits per heavy atom. The second kappa shape index (κ2) is 8.52. The van der Waals surface area contributed by atoms with E-state index < -0.39 is 23.8 Å². The lowest BCUT2D eigenvalue weighted by molar-refractivity contribution is -0.140. The van der Waals surface area contributed by atoms with Crippen LogP contribution in [0.15, 0.2) is 24.3 Å². The highest BCUT2D eigenvalue weighted by Gasteiger charge is 2.20. The number of amides is 3. The molecule has 1 rings (SSSR count). The number of carbonyl (C=O) groups excluding carboxylic acids is 4. The topological polar surface area (TPSA) is 128 Å². The lowest BCUT2D eigenvalue weighted by Gasteiger charge is -2.15. The summed E-state index contributed by atoms with van der Waals surface area (Å²) in [5.74, 6) is -2.06. The molecule has 0 aliphatic rings. The van der Waals surface area contributed by atoms with Crippen molar-refractivity contribution in [2.45, 2.75) is 25.8 Å². The molecular formula is C15H19N3O5. The Balaban J connectivity index is 2.76. The first-order chi connectivity index (χ1) is 10.8. The van der Waals surface area contributed by atoms with Crippen molar-refractivity contribution in [3.05, 3.63) is 29.8 Å². The minimum Gasteiger partial charge on any atom is -0.469 e. The van der Waals surface area contributed by atoms with Crippen LogP contribution in [0.5, 0.6) is 0 Å². The Hall–Kier alpha value is -2.90. The highest BCUT2D eigenvalue weighted by Crippen LogP contribution is 2.11. The van der Waals surface area contributed by atoms with Crippen LogP contribution >= 0.6 is 0 Å². The van der Waals surface area contributed by atoms with Gasteiger partial charge in [0.2, 0.25) is 11.8 Å². The van der Waals surface area contributed by atoms with Crippen LogP contribution in [-0.4, -0.2) is 36.8 Å². The molecule has 23 heavy (non-hydrogen) atoms. The van der Waals surface area contributed by atoms with Gasteiger partial charge in [0.15, 0.2) is 0 Å². The van der Waals surface area contributed by atoms with Gasteiger partial charge in [0.05, 0.1) is 7.11 Å². The van der Waals surface area contributed by atoms with Gasteiger partial charge in [-0.1, -0.05) is 6.07 Å². The first-order valence-corrected chi connectivity index (χ1v) is 6.88. The Bertz CT molecular complexity index is 615. The Kier molecular flexibility index (Phi) is 6.72. The van der Waals surface area contributed by atoms with Crippen molar-refractivity contribution < 1.29 is 23.9 Å². The molecule has 0 saturated heterocycles. The Morgan fingerprint density at radius 2 is 1.96 bits per heavy atom. The van der Waals surface area contributed by atoms with E-state index in [0.717, 1.165) is 0 Å². The zero-order valence-corrected chi connectivity index (χ0v) is 12.9. The summed E-state index contributed by atoms with van der Waals surface area (Å²) < 4.78 is 4.48. The van der Waals surface area contributed by atoms with E-state index in [1.165, 1.54) is 26.2 Å². The predicted octanol–water partition coefficient (Wildman–Crippen LogP) is 0.182. The number of anilines is 1. The number of primary amides is 1. The smallest absolute Gasteiger partial charge is 0.305 e. The van der Waals surface area contributed by atoms with E-state index in [1.807, 2.05) is 0 Å². The third kappa shape index (κ3) is 6.16. The molecule has 1 atom stereocenters. The van der Waals surface area contributed by atoms with Crippen molar-refractivity contribution >= 4 is 29.4 Å². The van der Waals surface area contributed by atoms with Crippen molar-refractivity contribution in [1.82, 2.24) is 5.32 Å². The molecule has 3 amide bonds. The first kappa shape index (κ1) is 18.1. The molecule has 0 radical (unpaired) electrons. The van der Waals surface area contributed by atoms with Crippen LogP contribution in [0.1, 0.15) is 30.1 Å². The zero-order chi connectivity index (χ0) is 17.4. The highest BCUT2D eigenvalue weighted by molar-refractivity contribution is 5.99. The summed E-state index contributed by atoms with van der Waals surface area (Å²) in [7, 11) is 1.23. The summed E-state index contributed by atoms with van der Waals surface area (Å²) in [4.78, 5) is 45.7. The molecule has 0 saturated carbocycles. The number of nitrogens with two attached hydrogens (primary N) is 1. The van der Waals surface area contributed by atoms with Crippen molar-refractivity contribution in [1.29, 1.82) is 0 Å². The number of benzene rings is 1. The van der Waals surface area contributed by atoms with Crippen molar-refractivity contribution in [3.8, 4) is 0 Å². The van der Waals surface area contributed by atoms with E-state index in [4.69, 9.17) is 5.73 Å². The molecule has 1 aromatic rings. The van der Waals surface area contributed by atoms with E-state index in [9.17, 15) is 19.2 Å². The molecule has 124 valence electrons. The summed E-state index contributed by atoms with van der Waals surface area (Å²) in [6, 6.07) is 5.22. The van der Waals surface area contributed by atoms with Crippen LogP contribution in [0.3, 0.4) is 0 Å². The zero-order valence-electron chi connectivity index (χ0n) is 12.9. The summed E-state index contributed by atoms with van der Waals surface area (Å²) in [5, 5.41) is 5.01. The van der Waals surface area contributed by atoms with E-state index in [-0.39, 0.29) is 24.3 Å². The molecule has 0 aliphatic carbocycles. The van der Waals surface area contributed by atoms with Gasteiger partial charge < -0.3 is 21.1 Å². The van der Waals surface area contributed by atoms with Gasteiger partial charge in [-0.3, -0.25) is 19.2 Å². The van der Waals surface area contributed by atoms with Gasteiger partial charge in [0.1, 0.15) is 6.04 Å². The van der Waals surface area contributed by atoms with Gasteiger partial charge in [-0.15, -0.1) is 0 Å². The van der Waals surface area contributed by atoms with Gasteiger partial charge in [-0.05, 0) is 24.6 Å². The number of hydrogen-bond donors (Lipinski definition) is 3. The number of rotatable bonds is 7. The number of methoxy groups -OCH3 is 1. The summed E-state index contributed by atoms with van der Waals surface area (Å²) in [6.07, 6.45) is -0.00451. The van der Waals surface area contributed by atoms with Gasteiger partial charge in [0, 0.05) is 24.6 Å². The minimum absolute atomic E-state index is 0.0408. The van der Waals surface area contributed by atoms with Crippen LogP contribution < -0.4 is 16.4 Å². The Morgan fingerprint density at radius 1 is 1.26 bits per heavy atom. The van der Waals surface area contributed by atoms with Gasteiger partial charge in [-0.2, -0.15) is 0 Å². The first-order valence-electron chi connectivity index (χ1n) is 6.88. The summed E-state index contributed by atoms with van der Waals surface area (Å²) >= 11 is 0. The Labute approximate surface area is 133 Å². The minimum atomic E-state index is -0.994. The largest absolute Gasteiger partial charge is 0.469 e. The van der Waals surface area contributed by atoms with Crippen LogP contribution in [-0.2, 0) is 19.1 Å². The van der Waals surface area contributed by atoms with Crippen LogP contribution in [0, 0.1) is 0 Å². The van der Waals surface area contributed by atoms with Crippen LogP contribution in [0.25, 0.3) is 0 Å². The van der Waals surface area contributed by atoms with Gasteiger partial charge in [-0.25, -0.2) is 0 Å². The average molecular weight is 321 g/mol. The lowest BCUT2D eigenvalue weighted by Crippen LogP contribution is -2.44. The fourth-order valence-corrected chi connectivity index (χ4v) is 1.83. The molecule has 0 aliphatic heterocycles. The molecule has 4 N–H and O–H groups in total. The quantitative estimate of drug-likeness (QED) is 0.617. The molecule has 8 nitrogen and oxygen atoms in total. The molecule has 1 aromatic carbocycles. The number of hydrogen-bond acceptors (Lipinski definition) is 5. The molecule has 0 aromatic heterocycles. The average Bonchev–Trinajstić information content (AvgIpc) is 2.50. The van der Waals surface area contributed by atoms with Crippen molar-refractivity contribution in [3.63, 3.8) is 0 Å². The van der Waals surface area contributed by atoms with E-state index in [1.54, 1.807) is 12.1 Å². The second-order valence-electron chi connectivity index (χ2n) is 4.81. The van der Waals surface area contributed by atoms with Gasteiger partial charge in [0.25, 0.3) is 5.91 Å². The number of carbonyl (C=O) groups is 4. The van der Waals surface area contributed by atoms with Crippen LogP contribution in [0.4, 0.5) is 5.69 Å². The van der Waals surface area contributed by atoms with Crippen LogP contribution in [0.2, 0.25) is 0 Å². The predicted molar refractivity (Wildman–Crippen MR) is 82.4 cm³/mol. The van der Waals surface area contributed by atoms with Crippen molar-refractivity contribution in [2.75, 3.05) is 12.4 Å². The lowest BCUT2D eigenvalue weighted by atomic mass is 10.1. The molecule has 0 bridgehead atoms. The van der Waals surface area contributed by atoms with Gasteiger partial charge >= 0.3 is 5.97 Å². The molecule has 0 heterocycles. The molecule has 0 fully saturated rings. The SMILES string of the molecule is COC(=O)CC[C@@H](NC(=O)c1cccc(NC(C)=O)c1)C(N)=O. The normalized spacial score (nSPS) is 11.2. The number of nitrogens with one attached hydrogen (secondary N) is 2. The number of ether oxygens (including phenoxy) is 1. The third-order valence-electron chi connectivity index (χ3n) is 2.96. The summed E-state index contributed by atoms with van der Waals surface area (Å²) in [5.41, 5.74) is 5.93. The van der Waals surface area contributed by atoms with E-state index in [2.05, 4.69) is 15.4 Å². The highest BCUT2D eigenvalue weighted by atomic mass is 16.5. The second-order valence-corrected chi connectivity index (χ2v) is 4.81. The number of esters is 1. The third-order valence-corrected chi connectivity index (χ3v) is 2.96. The fourth-order valence-electron chi connectivity index (χ4n) is 1.83. The van der Waals surface area contributed by atoms with E-state index >= 15 is 0 Å². The molecule has 0 unspecified atom stereocenters. The maximum atomic E-state index is 12.2. The van der Waals surface area contributed by atoms with Crippen molar-refractivity contribution in [2.24, 2.45) is 5.73 Å². The molecular weight excluding hydrogens is 302 g/mol. The maximum absolute atomic E-state index is 12.2. The van der Waals surface area contributed by atoms with E-state index in [0.29, 0.717) is 5.69 Å². The molecule has 8 heteroatoms. The fraction of sp³-hybridized carbons (Fsp3) is 0.333.